The highest BCUT2D eigenvalue weighted by Crippen LogP contribution is 2.12. The van der Waals surface area contributed by atoms with Crippen molar-refractivity contribution in [2.75, 3.05) is 20.3 Å². The number of hydrogen-bond acceptors (Lipinski definition) is 3. The zero-order valence-corrected chi connectivity index (χ0v) is 5.42. The van der Waals surface area contributed by atoms with E-state index in [0.29, 0.717) is 13.2 Å². The average Bonchev–Trinajstić information content (AvgIpc) is 2.37. The lowest BCUT2D eigenvalue weighted by Gasteiger charge is -2.01. The molecule has 0 bridgehead atoms. The molecular formula is C6H10O3. The first-order chi connectivity index (χ1) is 4.34. The van der Waals surface area contributed by atoms with Gasteiger partial charge in [0.05, 0.1) is 19.6 Å². The molecule has 1 atom stereocenters. The van der Waals surface area contributed by atoms with Crippen LogP contribution in [0.3, 0.4) is 0 Å². The van der Waals surface area contributed by atoms with E-state index in [1.54, 1.807) is 0 Å². The lowest BCUT2D eigenvalue weighted by Crippen LogP contribution is -2.15. The Balaban J connectivity index is 2.32. The van der Waals surface area contributed by atoms with Crippen molar-refractivity contribution >= 4 is 5.97 Å². The van der Waals surface area contributed by atoms with Crippen molar-refractivity contribution in [2.24, 2.45) is 5.92 Å². The summed E-state index contributed by atoms with van der Waals surface area (Å²) < 4.78 is 9.49. The summed E-state index contributed by atoms with van der Waals surface area (Å²) >= 11 is 0. The first-order valence-corrected chi connectivity index (χ1v) is 3.00. The Morgan fingerprint density at radius 2 is 2.56 bits per heavy atom. The molecule has 1 saturated heterocycles. The molecule has 52 valence electrons. The minimum atomic E-state index is -0.146. The Bertz CT molecular complexity index is 105. The van der Waals surface area contributed by atoms with Crippen LogP contribution in [0.1, 0.15) is 6.42 Å². The predicted molar refractivity (Wildman–Crippen MR) is 30.9 cm³/mol. The molecule has 3 nitrogen and oxygen atoms in total. The van der Waals surface area contributed by atoms with Gasteiger partial charge in [-0.1, -0.05) is 0 Å². The van der Waals surface area contributed by atoms with E-state index in [1.807, 2.05) is 0 Å². The van der Waals surface area contributed by atoms with Crippen LogP contribution < -0.4 is 0 Å². The Hall–Kier alpha value is -0.570. The molecule has 0 aromatic heterocycles. The van der Waals surface area contributed by atoms with Crippen LogP contribution in [-0.4, -0.2) is 26.3 Å². The van der Waals surface area contributed by atoms with E-state index in [9.17, 15) is 4.79 Å². The van der Waals surface area contributed by atoms with Gasteiger partial charge in [-0.2, -0.15) is 0 Å². The van der Waals surface area contributed by atoms with Crippen molar-refractivity contribution in [1.29, 1.82) is 0 Å². The number of carbonyl (C=O) groups excluding carboxylic acids is 1. The lowest BCUT2D eigenvalue weighted by molar-refractivity contribution is -0.145. The molecular weight excluding hydrogens is 120 g/mol. The van der Waals surface area contributed by atoms with Crippen molar-refractivity contribution in [3.05, 3.63) is 0 Å². The first kappa shape index (κ1) is 6.55. The van der Waals surface area contributed by atoms with E-state index in [0.717, 1.165) is 6.42 Å². The molecule has 0 amide bonds. The minimum absolute atomic E-state index is 0.00463. The van der Waals surface area contributed by atoms with E-state index in [-0.39, 0.29) is 11.9 Å². The van der Waals surface area contributed by atoms with Gasteiger partial charge in [0, 0.05) is 6.61 Å². The molecule has 1 aliphatic heterocycles. The number of rotatable bonds is 1. The second-order valence-electron chi connectivity index (χ2n) is 2.08. The minimum Gasteiger partial charge on any atom is -0.469 e. The zero-order valence-electron chi connectivity index (χ0n) is 5.42. The molecule has 1 rings (SSSR count). The Labute approximate surface area is 53.9 Å². The van der Waals surface area contributed by atoms with Gasteiger partial charge in [0.15, 0.2) is 0 Å². The van der Waals surface area contributed by atoms with Gasteiger partial charge in [-0.25, -0.2) is 0 Å². The van der Waals surface area contributed by atoms with Crippen molar-refractivity contribution in [2.45, 2.75) is 6.42 Å². The number of esters is 1. The Morgan fingerprint density at radius 1 is 1.78 bits per heavy atom. The maximum Gasteiger partial charge on any atom is 0.311 e. The quantitative estimate of drug-likeness (QED) is 0.475. The van der Waals surface area contributed by atoms with E-state index in [2.05, 4.69) is 4.74 Å². The van der Waals surface area contributed by atoms with Crippen LogP contribution in [0.5, 0.6) is 0 Å². The van der Waals surface area contributed by atoms with Crippen LogP contribution in [-0.2, 0) is 14.3 Å². The molecule has 1 aliphatic rings. The van der Waals surface area contributed by atoms with E-state index >= 15 is 0 Å². The topological polar surface area (TPSA) is 35.5 Å². The molecule has 1 fully saturated rings. The molecule has 0 aromatic rings. The second-order valence-corrected chi connectivity index (χ2v) is 2.08. The van der Waals surface area contributed by atoms with Crippen molar-refractivity contribution in [3.63, 3.8) is 0 Å². The maximum atomic E-state index is 10.7. The number of hydrogen-bond donors (Lipinski definition) is 0. The summed E-state index contributed by atoms with van der Waals surface area (Å²) in [5.41, 5.74) is 0. The molecule has 0 radical (unpaired) electrons. The molecule has 0 saturated carbocycles. The highest BCUT2D eigenvalue weighted by atomic mass is 16.5. The summed E-state index contributed by atoms with van der Waals surface area (Å²) in [6, 6.07) is 0. The van der Waals surface area contributed by atoms with Crippen LogP contribution in [0.15, 0.2) is 0 Å². The summed E-state index contributed by atoms with van der Waals surface area (Å²) in [6.07, 6.45) is 0.812. The van der Waals surface area contributed by atoms with Gasteiger partial charge in [-0.15, -0.1) is 0 Å². The predicted octanol–water partition coefficient (Wildman–Crippen LogP) is 0.196. The van der Waals surface area contributed by atoms with E-state index in [1.165, 1.54) is 7.11 Å². The Kier molecular flexibility index (Phi) is 2.05. The fraction of sp³-hybridized carbons (Fsp3) is 0.833. The normalized spacial score (nSPS) is 26.1. The van der Waals surface area contributed by atoms with Gasteiger partial charge in [0.25, 0.3) is 0 Å². The SMILES string of the molecule is COC(=O)[C@H]1CCOC1. The van der Waals surface area contributed by atoms with Crippen LogP contribution in [0.4, 0.5) is 0 Å². The molecule has 3 heteroatoms. The number of carbonyl (C=O) groups is 1. The lowest BCUT2D eigenvalue weighted by atomic mass is 10.1. The van der Waals surface area contributed by atoms with E-state index in [4.69, 9.17) is 4.74 Å². The molecule has 1 heterocycles. The van der Waals surface area contributed by atoms with Gasteiger partial charge < -0.3 is 9.47 Å². The molecule has 9 heavy (non-hydrogen) atoms. The molecule has 0 aromatic carbocycles. The van der Waals surface area contributed by atoms with Crippen LogP contribution in [0.25, 0.3) is 0 Å². The summed E-state index contributed by atoms with van der Waals surface area (Å²) in [4.78, 5) is 10.7. The van der Waals surface area contributed by atoms with Gasteiger partial charge >= 0.3 is 5.97 Å². The van der Waals surface area contributed by atoms with Gasteiger partial charge in [0.1, 0.15) is 0 Å². The van der Waals surface area contributed by atoms with E-state index < -0.39 is 0 Å². The summed E-state index contributed by atoms with van der Waals surface area (Å²) in [5.74, 6) is -0.150. The maximum absolute atomic E-state index is 10.7. The fourth-order valence-electron chi connectivity index (χ4n) is 0.887. The van der Waals surface area contributed by atoms with Gasteiger partial charge in [-0.3, -0.25) is 4.79 Å². The molecule has 0 aliphatic carbocycles. The summed E-state index contributed by atoms with van der Waals surface area (Å²) in [5, 5.41) is 0. The Morgan fingerprint density at radius 3 is 3.00 bits per heavy atom. The van der Waals surface area contributed by atoms with Crippen LogP contribution in [0.2, 0.25) is 0 Å². The summed E-state index contributed by atoms with van der Waals surface area (Å²) in [7, 11) is 1.40. The molecule has 0 N–H and O–H groups in total. The largest absolute Gasteiger partial charge is 0.469 e. The van der Waals surface area contributed by atoms with Gasteiger partial charge in [0.2, 0.25) is 0 Å². The van der Waals surface area contributed by atoms with Crippen molar-refractivity contribution in [1.82, 2.24) is 0 Å². The smallest absolute Gasteiger partial charge is 0.311 e. The first-order valence-electron chi connectivity index (χ1n) is 3.00. The third-order valence-corrected chi connectivity index (χ3v) is 1.46. The monoisotopic (exact) mass is 130 g/mol. The fourth-order valence-corrected chi connectivity index (χ4v) is 0.887. The average molecular weight is 130 g/mol. The van der Waals surface area contributed by atoms with Gasteiger partial charge in [-0.05, 0) is 6.42 Å². The molecule has 0 spiro atoms. The number of ether oxygens (including phenoxy) is 2. The van der Waals surface area contributed by atoms with Crippen molar-refractivity contribution in [3.8, 4) is 0 Å². The van der Waals surface area contributed by atoms with Crippen LogP contribution in [0, 0.1) is 5.92 Å². The number of methoxy groups -OCH3 is 1. The molecule has 0 unspecified atom stereocenters. The second kappa shape index (κ2) is 2.82. The highest BCUT2D eigenvalue weighted by molar-refractivity contribution is 5.72. The van der Waals surface area contributed by atoms with Crippen LogP contribution >= 0.6 is 0 Å². The van der Waals surface area contributed by atoms with Crippen molar-refractivity contribution < 1.29 is 14.3 Å². The highest BCUT2D eigenvalue weighted by Gasteiger charge is 2.23. The zero-order chi connectivity index (χ0) is 6.69. The standard InChI is InChI=1S/C6H10O3/c1-8-6(7)5-2-3-9-4-5/h5H,2-4H2,1H3/t5-/m0/s1. The third kappa shape index (κ3) is 1.42. The third-order valence-electron chi connectivity index (χ3n) is 1.46. The summed E-state index contributed by atoms with van der Waals surface area (Å²) in [6.45, 7) is 1.23.